The van der Waals surface area contributed by atoms with Crippen LogP contribution in [0, 0.1) is 10.1 Å². The van der Waals surface area contributed by atoms with E-state index in [0.29, 0.717) is 11.3 Å². The molecule has 1 unspecified atom stereocenters. The second kappa shape index (κ2) is 5.86. The van der Waals surface area contributed by atoms with E-state index in [4.69, 9.17) is 0 Å². The van der Waals surface area contributed by atoms with Gasteiger partial charge in [0, 0.05) is 23.8 Å². The molecular weight excluding hydrogens is 310 g/mol. The first-order valence-electron chi connectivity index (χ1n) is 7.33. The molecule has 122 valence electrons. The molecule has 1 aliphatic rings. The van der Waals surface area contributed by atoms with Crippen molar-refractivity contribution in [3.63, 3.8) is 0 Å². The van der Waals surface area contributed by atoms with Gasteiger partial charge in [-0.3, -0.25) is 14.9 Å². The van der Waals surface area contributed by atoms with Crippen molar-refractivity contribution in [2.45, 2.75) is 19.1 Å². The minimum absolute atomic E-state index is 0.115. The summed E-state index contributed by atoms with van der Waals surface area (Å²) in [5.74, 6) is -0.717. The lowest BCUT2D eigenvalue weighted by Gasteiger charge is -2.31. The average Bonchev–Trinajstić information content (AvgIpc) is 2.91. The van der Waals surface area contributed by atoms with Crippen LogP contribution in [0.1, 0.15) is 29.3 Å². The molecule has 1 N–H and O–H groups in total. The van der Waals surface area contributed by atoms with Crippen LogP contribution in [0.25, 0.3) is 0 Å². The van der Waals surface area contributed by atoms with Crippen LogP contribution in [0.5, 0.6) is 0 Å². The Morgan fingerprint density at radius 2 is 1.83 bits per heavy atom. The van der Waals surface area contributed by atoms with Crippen molar-refractivity contribution in [2.75, 3.05) is 0 Å². The van der Waals surface area contributed by atoms with Crippen LogP contribution in [0.15, 0.2) is 59.7 Å². The Hall–Kier alpha value is -3.06. The van der Waals surface area contributed by atoms with Crippen LogP contribution in [0.2, 0.25) is 0 Å². The number of hydrazone groups is 1. The summed E-state index contributed by atoms with van der Waals surface area (Å²) in [5, 5.41) is 27.3. The molecule has 3 rings (SSSR count). The van der Waals surface area contributed by atoms with Crippen LogP contribution in [-0.4, -0.2) is 26.7 Å². The van der Waals surface area contributed by atoms with Crippen LogP contribution >= 0.6 is 0 Å². The van der Waals surface area contributed by atoms with Gasteiger partial charge in [-0.1, -0.05) is 42.5 Å². The Kier molecular flexibility index (Phi) is 3.86. The summed E-state index contributed by atoms with van der Waals surface area (Å²) in [5.41, 5.74) is -1.04. The van der Waals surface area contributed by atoms with Gasteiger partial charge in [0.25, 0.3) is 11.6 Å². The molecule has 0 aromatic heterocycles. The van der Waals surface area contributed by atoms with E-state index in [9.17, 15) is 20.0 Å². The largest absolute Gasteiger partial charge is 0.365 e. The highest BCUT2D eigenvalue weighted by atomic mass is 16.6. The highest BCUT2D eigenvalue weighted by Gasteiger charge is 2.46. The molecule has 1 atom stereocenters. The van der Waals surface area contributed by atoms with Gasteiger partial charge in [0.2, 0.25) is 0 Å². The maximum absolute atomic E-state index is 12.9. The molecule has 0 bridgehead atoms. The number of rotatable bonds is 3. The number of amides is 1. The van der Waals surface area contributed by atoms with Gasteiger partial charge in [0.05, 0.1) is 4.92 Å². The first kappa shape index (κ1) is 15.8. The monoisotopic (exact) mass is 325 g/mol. The molecule has 0 spiro atoms. The summed E-state index contributed by atoms with van der Waals surface area (Å²) in [6, 6.07) is 14.3. The smallest absolute Gasteiger partial charge is 0.283 e. The predicted molar refractivity (Wildman–Crippen MR) is 87.3 cm³/mol. The Morgan fingerprint density at radius 1 is 1.21 bits per heavy atom. The quantitative estimate of drug-likeness (QED) is 0.693. The van der Waals surface area contributed by atoms with Crippen LogP contribution < -0.4 is 0 Å². The van der Waals surface area contributed by atoms with Gasteiger partial charge in [0.1, 0.15) is 5.56 Å². The number of hydrogen-bond donors (Lipinski definition) is 1. The second-order valence-electron chi connectivity index (χ2n) is 5.59. The summed E-state index contributed by atoms with van der Waals surface area (Å²) in [7, 11) is 0. The molecule has 0 radical (unpaired) electrons. The third kappa shape index (κ3) is 2.55. The maximum Gasteiger partial charge on any atom is 0.283 e. The van der Waals surface area contributed by atoms with Gasteiger partial charge in [0.15, 0.2) is 5.72 Å². The second-order valence-corrected chi connectivity index (χ2v) is 5.59. The Morgan fingerprint density at radius 3 is 2.50 bits per heavy atom. The van der Waals surface area contributed by atoms with Crippen molar-refractivity contribution >= 4 is 17.3 Å². The van der Waals surface area contributed by atoms with Crippen molar-refractivity contribution in [3.8, 4) is 0 Å². The zero-order valence-electron chi connectivity index (χ0n) is 12.9. The molecular formula is C17H15N3O4. The highest BCUT2D eigenvalue weighted by Crippen LogP contribution is 2.37. The fourth-order valence-electron chi connectivity index (χ4n) is 2.79. The Labute approximate surface area is 138 Å². The van der Waals surface area contributed by atoms with Crippen LogP contribution in [0.3, 0.4) is 0 Å². The number of hydrogen-bond acceptors (Lipinski definition) is 5. The number of aliphatic hydroxyl groups is 1. The van der Waals surface area contributed by atoms with Crippen molar-refractivity contribution in [1.82, 2.24) is 5.01 Å². The molecule has 1 aliphatic heterocycles. The first-order chi connectivity index (χ1) is 11.4. The molecule has 2 aromatic carbocycles. The third-order valence-electron chi connectivity index (χ3n) is 3.88. The molecule has 0 saturated carbocycles. The summed E-state index contributed by atoms with van der Waals surface area (Å²) in [4.78, 5) is 23.4. The molecule has 24 heavy (non-hydrogen) atoms. The number of nitrogens with zero attached hydrogens (tertiary/aromatic N) is 3. The lowest BCUT2D eigenvalue weighted by Crippen LogP contribution is -2.43. The zero-order chi connectivity index (χ0) is 17.3. The molecule has 0 aliphatic carbocycles. The van der Waals surface area contributed by atoms with E-state index >= 15 is 0 Å². The minimum atomic E-state index is -1.66. The topological polar surface area (TPSA) is 96.0 Å². The predicted octanol–water partition coefficient (Wildman–Crippen LogP) is 2.66. The maximum atomic E-state index is 12.9. The normalized spacial score (nSPS) is 19.9. The van der Waals surface area contributed by atoms with E-state index in [1.807, 2.05) is 0 Å². The van der Waals surface area contributed by atoms with Gasteiger partial charge >= 0.3 is 0 Å². The van der Waals surface area contributed by atoms with Crippen molar-refractivity contribution < 1.29 is 14.8 Å². The summed E-state index contributed by atoms with van der Waals surface area (Å²) in [6.07, 6.45) is 0.142. The van der Waals surface area contributed by atoms with E-state index in [2.05, 4.69) is 5.10 Å². The summed E-state index contributed by atoms with van der Waals surface area (Å²) in [6.45, 7) is 1.70. The van der Waals surface area contributed by atoms with Gasteiger partial charge in [-0.25, -0.2) is 0 Å². The Bertz CT molecular complexity index is 835. The lowest BCUT2D eigenvalue weighted by atomic mass is 9.97. The van der Waals surface area contributed by atoms with Crippen LogP contribution in [0.4, 0.5) is 5.69 Å². The van der Waals surface area contributed by atoms with E-state index in [0.717, 1.165) is 5.01 Å². The molecule has 0 saturated heterocycles. The van der Waals surface area contributed by atoms with Crippen molar-refractivity contribution in [2.24, 2.45) is 5.10 Å². The fraction of sp³-hybridized carbons (Fsp3) is 0.176. The van der Waals surface area contributed by atoms with Gasteiger partial charge in [-0.15, -0.1) is 0 Å². The highest BCUT2D eigenvalue weighted by molar-refractivity contribution is 6.00. The van der Waals surface area contributed by atoms with Gasteiger partial charge < -0.3 is 5.11 Å². The average molecular weight is 325 g/mol. The molecule has 7 nitrogen and oxygen atoms in total. The summed E-state index contributed by atoms with van der Waals surface area (Å²) >= 11 is 0. The third-order valence-corrected chi connectivity index (χ3v) is 3.88. The number of para-hydroxylation sites is 1. The molecule has 1 amide bonds. The van der Waals surface area contributed by atoms with E-state index in [1.54, 1.807) is 37.3 Å². The number of carbonyl (C=O) groups excluding carboxylic acids is 1. The van der Waals surface area contributed by atoms with E-state index < -0.39 is 16.6 Å². The summed E-state index contributed by atoms with van der Waals surface area (Å²) < 4.78 is 0. The molecule has 7 heteroatoms. The molecule has 1 heterocycles. The van der Waals surface area contributed by atoms with Crippen molar-refractivity contribution in [1.29, 1.82) is 0 Å². The zero-order valence-corrected chi connectivity index (χ0v) is 12.9. The minimum Gasteiger partial charge on any atom is -0.365 e. The number of nitro benzene ring substituents is 1. The first-order valence-corrected chi connectivity index (χ1v) is 7.33. The fourth-order valence-corrected chi connectivity index (χ4v) is 2.79. The number of benzene rings is 2. The SMILES string of the molecule is CC1=NN(C(=O)c2ccccc2[N+](=O)[O-])C(O)(c2ccccc2)C1. The molecule has 2 aromatic rings. The number of nitro groups is 1. The van der Waals surface area contributed by atoms with Crippen LogP contribution in [-0.2, 0) is 5.72 Å². The van der Waals surface area contributed by atoms with Gasteiger partial charge in [-0.2, -0.15) is 10.1 Å². The molecule has 0 fully saturated rings. The standard InChI is InChI=1S/C17H15N3O4/c1-12-11-17(22,13-7-3-2-4-8-13)19(18-12)16(21)14-9-5-6-10-15(14)20(23)24/h2-10,22H,11H2,1H3. The van der Waals surface area contributed by atoms with Crippen molar-refractivity contribution in [3.05, 3.63) is 75.8 Å². The Balaban J connectivity index is 2.07. The van der Waals surface area contributed by atoms with Gasteiger partial charge in [-0.05, 0) is 13.0 Å². The lowest BCUT2D eigenvalue weighted by molar-refractivity contribution is -0.385. The number of carbonyl (C=O) groups is 1. The van der Waals surface area contributed by atoms with E-state index in [1.165, 1.54) is 24.3 Å². The van der Waals surface area contributed by atoms with E-state index in [-0.39, 0.29) is 17.7 Å².